The molecule has 0 aliphatic carbocycles. The lowest BCUT2D eigenvalue weighted by molar-refractivity contribution is -0.132. The molecule has 0 bridgehead atoms. The number of amides is 1. The molecule has 5 rings (SSSR count). The molecule has 0 saturated carbocycles. The van der Waals surface area contributed by atoms with Gasteiger partial charge in [0.05, 0.1) is 10.9 Å². The molecule has 9 heteroatoms. The van der Waals surface area contributed by atoms with E-state index >= 15 is 0 Å². The van der Waals surface area contributed by atoms with Crippen LogP contribution in [0.15, 0.2) is 33.9 Å². The van der Waals surface area contributed by atoms with Gasteiger partial charge >= 0.3 is 5.69 Å². The summed E-state index contributed by atoms with van der Waals surface area (Å²) in [6.45, 7) is 2.55. The van der Waals surface area contributed by atoms with Crippen molar-refractivity contribution in [1.82, 2.24) is 29.2 Å². The van der Waals surface area contributed by atoms with Crippen LogP contribution in [-0.4, -0.2) is 48.2 Å². The number of likely N-dealkylation sites (tertiary alicyclic amines) is 1. The number of piperidine rings is 1. The lowest BCUT2D eigenvalue weighted by Crippen LogP contribution is -2.40. The summed E-state index contributed by atoms with van der Waals surface area (Å²) in [7, 11) is 0. The molecule has 32 heavy (non-hydrogen) atoms. The van der Waals surface area contributed by atoms with Gasteiger partial charge in [-0.1, -0.05) is 18.6 Å². The highest BCUT2D eigenvalue weighted by molar-refractivity contribution is 5.79. The summed E-state index contributed by atoms with van der Waals surface area (Å²) >= 11 is 0. The summed E-state index contributed by atoms with van der Waals surface area (Å²) in [6, 6.07) is 6.97. The monoisotopic (exact) mass is 436 g/mol. The number of H-pyrrole nitrogens is 1. The zero-order chi connectivity index (χ0) is 22.1. The van der Waals surface area contributed by atoms with Gasteiger partial charge in [0.2, 0.25) is 5.91 Å². The number of hydrogen-bond acceptors (Lipinski definition) is 5. The van der Waals surface area contributed by atoms with E-state index in [1.165, 1.54) is 11.0 Å². The molecule has 2 aromatic heterocycles. The Labute approximate surface area is 185 Å². The Bertz CT molecular complexity index is 1260. The molecule has 0 spiro atoms. The Kier molecular flexibility index (Phi) is 5.63. The third-order valence-electron chi connectivity index (χ3n) is 6.73. The van der Waals surface area contributed by atoms with Crippen LogP contribution in [0.25, 0.3) is 10.9 Å². The quantitative estimate of drug-likeness (QED) is 0.671. The van der Waals surface area contributed by atoms with Gasteiger partial charge in [-0.15, -0.1) is 10.2 Å². The number of benzene rings is 1. The van der Waals surface area contributed by atoms with Crippen LogP contribution in [0.1, 0.15) is 56.1 Å². The maximum absolute atomic E-state index is 13.0. The predicted molar refractivity (Wildman–Crippen MR) is 120 cm³/mol. The first kappa shape index (κ1) is 20.7. The van der Waals surface area contributed by atoms with E-state index in [2.05, 4.69) is 19.7 Å². The fraction of sp³-hybridized carbons (Fsp3) is 0.522. The molecule has 1 aromatic carbocycles. The van der Waals surface area contributed by atoms with Gasteiger partial charge < -0.3 is 9.47 Å². The van der Waals surface area contributed by atoms with Gasteiger partial charge in [-0.05, 0) is 37.8 Å². The normalized spacial score (nSPS) is 19.0. The Morgan fingerprint density at radius 2 is 1.94 bits per heavy atom. The van der Waals surface area contributed by atoms with E-state index in [4.69, 9.17) is 0 Å². The first-order valence-corrected chi connectivity index (χ1v) is 11.5. The Morgan fingerprint density at radius 1 is 1.06 bits per heavy atom. The molecule has 168 valence electrons. The summed E-state index contributed by atoms with van der Waals surface area (Å²) in [5, 5.41) is 9.38. The maximum Gasteiger partial charge on any atom is 0.328 e. The number of aromatic nitrogens is 5. The summed E-state index contributed by atoms with van der Waals surface area (Å²) in [5.74, 6) is 2.31. The summed E-state index contributed by atoms with van der Waals surface area (Å²) < 4.78 is 3.76. The van der Waals surface area contributed by atoms with Gasteiger partial charge in [0.15, 0.2) is 0 Å². The van der Waals surface area contributed by atoms with Crippen molar-refractivity contribution in [3.05, 3.63) is 56.8 Å². The van der Waals surface area contributed by atoms with Crippen molar-refractivity contribution in [1.29, 1.82) is 0 Å². The number of aromatic amines is 1. The second kappa shape index (κ2) is 8.72. The molecule has 1 atom stereocenters. The molecule has 1 amide bonds. The molecule has 1 unspecified atom stereocenters. The summed E-state index contributed by atoms with van der Waals surface area (Å²) in [6.07, 6.45) is 6.65. The van der Waals surface area contributed by atoms with E-state index in [9.17, 15) is 14.4 Å². The highest BCUT2D eigenvalue weighted by atomic mass is 16.2. The number of carbonyl (C=O) groups excluding carboxylic acids is 1. The molecule has 1 fully saturated rings. The Morgan fingerprint density at radius 3 is 2.84 bits per heavy atom. The zero-order valence-electron chi connectivity index (χ0n) is 18.1. The minimum atomic E-state index is -0.482. The number of para-hydroxylation sites is 1. The second-order valence-corrected chi connectivity index (χ2v) is 8.79. The molecule has 2 aliphatic heterocycles. The number of nitrogens with one attached hydrogen (secondary N) is 1. The molecule has 1 saturated heterocycles. The van der Waals surface area contributed by atoms with Gasteiger partial charge in [-0.3, -0.25) is 19.1 Å². The van der Waals surface area contributed by atoms with Gasteiger partial charge in [0, 0.05) is 44.9 Å². The van der Waals surface area contributed by atoms with Gasteiger partial charge in [0.25, 0.3) is 5.56 Å². The van der Waals surface area contributed by atoms with E-state index in [-0.39, 0.29) is 24.8 Å². The lowest BCUT2D eigenvalue weighted by Gasteiger charge is -2.32. The molecular weight excluding hydrogens is 408 g/mol. The average molecular weight is 437 g/mol. The highest BCUT2D eigenvalue weighted by Crippen LogP contribution is 2.28. The third-order valence-corrected chi connectivity index (χ3v) is 6.73. The van der Waals surface area contributed by atoms with Crippen molar-refractivity contribution < 1.29 is 4.79 Å². The third kappa shape index (κ3) is 3.87. The number of fused-ring (bicyclic) bond motifs is 2. The lowest BCUT2D eigenvalue weighted by atomic mass is 9.96. The largest absolute Gasteiger partial charge is 0.342 e. The summed E-state index contributed by atoms with van der Waals surface area (Å²) in [4.78, 5) is 41.7. The number of rotatable bonds is 4. The number of carbonyl (C=O) groups is 1. The molecular formula is C23H28N6O3. The van der Waals surface area contributed by atoms with E-state index < -0.39 is 11.2 Å². The SMILES string of the molecule is O=C(CCn1c(=O)[nH]c(=O)c2ccccc21)N1CCCC(c2nnc3n2CCCCC3)C1. The predicted octanol–water partition coefficient (Wildman–Crippen LogP) is 1.80. The van der Waals surface area contributed by atoms with Crippen LogP contribution in [0.3, 0.4) is 0 Å². The van der Waals surface area contributed by atoms with Crippen LogP contribution in [0.4, 0.5) is 0 Å². The van der Waals surface area contributed by atoms with E-state index in [0.29, 0.717) is 17.4 Å². The zero-order valence-corrected chi connectivity index (χ0v) is 18.1. The van der Waals surface area contributed by atoms with Crippen molar-refractivity contribution in [2.24, 2.45) is 0 Å². The average Bonchev–Trinajstić information content (AvgIpc) is 3.07. The maximum atomic E-state index is 13.0. The van der Waals surface area contributed by atoms with E-state index in [0.717, 1.165) is 56.8 Å². The molecule has 3 aromatic rings. The van der Waals surface area contributed by atoms with E-state index in [1.807, 2.05) is 4.90 Å². The summed E-state index contributed by atoms with van der Waals surface area (Å²) in [5.41, 5.74) is -0.333. The van der Waals surface area contributed by atoms with Crippen LogP contribution in [0, 0.1) is 0 Å². The van der Waals surface area contributed by atoms with Crippen molar-refractivity contribution in [2.45, 2.75) is 64.0 Å². The van der Waals surface area contributed by atoms with Crippen LogP contribution >= 0.6 is 0 Å². The standard InChI is InChI=1S/C23H28N6O3/c30-20(11-14-28-18-9-4-3-8-17(18)22(31)24-23(28)32)27-12-6-7-16(15-27)21-26-25-19-10-2-1-5-13-29(19)21/h3-4,8-9,16H,1-2,5-7,10-15H2,(H,24,31,32). The number of hydrogen-bond donors (Lipinski definition) is 1. The Hall–Kier alpha value is -3.23. The van der Waals surface area contributed by atoms with Gasteiger partial charge in [-0.25, -0.2) is 4.79 Å². The fourth-order valence-electron chi connectivity index (χ4n) is 5.05. The molecule has 2 aliphatic rings. The topological polar surface area (TPSA) is 106 Å². The molecule has 9 nitrogen and oxygen atoms in total. The second-order valence-electron chi connectivity index (χ2n) is 8.79. The van der Waals surface area contributed by atoms with Crippen molar-refractivity contribution >= 4 is 16.8 Å². The molecule has 1 N–H and O–H groups in total. The first-order chi connectivity index (χ1) is 15.6. The Balaban J connectivity index is 1.30. The van der Waals surface area contributed by atoms with E-state index in [1.54, 1.807) is 24.3 Å². The van der Waals surface area contributed by atoms with Gasteiger partial charge in [0.1, 0.15) is 11.6 Å². The molecule has 0 radical (unpaired) electrons. The number of nitrogens with zero attached hydrogens (tertiary/aromatic N) is 5. The van der Waals surface area contributed by atoms with Crippen LogP contribution in [0.2, 0.25) is 0 Å². The van der Waals surface area contributed by atoms with Crippen LogP contribution in [0.5, 0.6) is 0 Å². The fourth-order valence-corrected chi connectivity index (χ4v) is 5.05. The number of aryl methyl sites for hydroxylation is 2. The van der Waals surface area contributed by atoms with Crippen molar-refractivity contribution in [3.8, 4) is 0 Å². The minimum absolute atomic E-state index is 0.0208. The van der Waals surface area contributed by atoms with Crippen molar-refractivity contribution in [3.63, 3.8) is 0 Å². The highest BCUT2D eigenvalue weighted by Gasteiger charge is 2.29. The van der Waals surface area contributed by atoms with Crippen LogP contribution in [-0.2, 0) is 24.3 Å². The first-order valence-electron chi connectivity index (χ1n) is 11.5. The van der Waals surface area contributed by atoms with Crippen molar-refractivity contribution in [2.75, 3.05) is 13.1 Å². The minimum Gasteiger partial charge on any atom is -0.342 e. The molecule has 4 heterocycles. The van der Waals surface area contributed by atoms with Gasteiger partial charge in [-0.2, -0.15) is 0 Å². The smallest absolute Gasteiger partial charge is 0.328 e. The van der Waals surface area contributed by atoms with Crippen LogP contribution < -0.4 is 11.2 Å².